The van der Waals surface area contributed by atoms with Crippen molar-refractivity contribution in [3.63, 3.8) is 0 Å². The molecular formula is C12H19N. The van der Waals surface area contributed by atoms with Crippen LogP contribution < -0.4 is 0 Å². The Morgan fingerprint density at radius 3 is 2.31 bits per heavy atom. The zero-order chi connectivity index (χ0) is 9.69. The van der Waals surface area contributed by atoms with Gasteiger partial charge in [0.05, 0.1) is 12.0 Å². The highest BCUT2D eigenvalue weighted by molar-refractivity contribution is 5.10. The Kier molecular flexibility index (Phi) is 1.74. The molecule has 0 aromatic rings. The van der Waals surface area contributed by atoms with Gasteiger partial charge in [0.2, 0.25) is 0 Å². The summed E-state index contributed by atoms with van der Waals surface area (Å²) in [5.74, 6) is 1.32. The van der Waals surface area contributed by atoms with Gasteiger partial charge in [-0.2, -0.15) is 5.26 Å². The molecule has 0 spiro atoms. The third kappa shape index (κ3) is 1.59. The summed E-state index contributed by atoms with van der Waals surface area (Å²) in [5, 5.41) is 8.78. The van der Waals surface area contributed by atoms with Crippen LogP contribution in [0.3, 0.4) is 0 Å². The van der Waals surface area contributed by atoms with E-state index >= 15 is 0 Å². The molecule has 0 bridgehead atoms. The first kappa shape index (κ1) is 9.06. The minimum atomic E-state index is 0.370. The summed E-state index contributed by atoms with van der Waals surface area (Å²) in [4.78, 5) is 0. The molecule has 13 heavy (non-hydrogen) atoms. The molecule has 0 heterocycles. The van der Waals surface area contributed by atoms with Gasteiger partial charge in [-0.25, -0.2) is 0 Å². The number of hydrogen-bond acceptors (Lipinski definition) is 1. The summed E-state index contributed by atoms with van der Waals surface area (Å²) < 4.78 is 0. The van der Waals surface area contributed by atoms with Crippen LogP contribution in [0.5, 0.6) is 0 Å². The lowest BCUT2D eigenvalue weighted by atomic mass is 9.96. The minimum Gasteiger partial charge on any atom is -0.198 e. The fraction of sp³-hybridized carbons (Fsp3) is 0.917. The zero-order valence-electron chi connectivity index (χ0n) is 8.93. The molecule has 0 aliphatic heterocycles. The number of hydrogen-bond donors (Lipinski definition) is 0. The second-order valence-electron chi connectivity index (χ2n) is 5.97. The smallest absolute Gasteiger partial charge is 0.0661 e. The summed E-state index contributed by atoms with van der Waals surface area (Å²) in [6.07, 6.45) is 5.18. The summed E-state index contributed by atoms with van der Waals surface area (Å²) in [6, 6.07) is 2.39. The van der Waals surface area contributed by atoms with Crippen LogP contribution in [0.2, 0.25) is 0 Å². The molecule has 0 aromatic heterocycles. The summed E-state index contributed by atoms with van der Waals surface area (Å²) >= 11 is 0. The SMILES string of the molecule is CC1(C)CC1CC[C@]1(C)C[C@H]1C#N. The summed E-state index contributed by atoms with van der Waals surface area (Å²) in [7, 11) is 0. The maximum atomic E-state index is 8.78. The molecule has 1 unspecified atom stereocenters. The van der Waals surface area contributed by atoms with E-state index in [9.17, 15) is 0 Å². The second-order valence-corrected chi connectivity index (χ2v) is 5.97. The van der Waals surface area contributed by atoms with Gasteiger partial charge in [-0.3, -0.25) is 0 Å². The lowest BCUT2D eigenvalue weighted by Crippen LogP contribution is -1.99. The van der Waals surface area contributed by atoms with Crippen LogP contribution in [0, 0.1) is 34.0 Å². The van der Waals surface area contributed by atoms with Crippen molar-refractivity contribution in [1.82, 2.24) is 0 Å². The summed E-state index contributed by atoms with van der Waals surface area (Å²) in [5.41, 5.74) is 1.01. The molecule has 0 radical (unpaired) electrons. The van der Waals surface area contributed by atoms with Crippen LogP contribution in [0.4, 0.5) is 0 Å². The van der Waals surface area contributed by atoms with Crippen molar-refractivity contribution >= 4 is 0 Å². The van der Waals surface area contributed by atoms with Crippen LogP contribution >= 0.6 is 0 Å². The van der Waals surface area contributed by atoms with E-state index in [-0.39, 0.29) is 0 Å². The molecule has 2 aliphatic carbocycles. The van der Waals surface area contributed by atoms with Crippen molar-refractivity contribution < 1.29 is 0 Å². The highest BCUT2D eigenvalue weighted by Crippen LogP contribution is 2.60. The van der Waals surface area contributed by atoms with Gasteiger partial charge in [0.25, 0.3) is 0 Å². The van der Waals surface area contributed by atoms with E-state index in [1.165, 1.54) is 19.3 Å². The zero-order valence-corrected chi connectivity index (χ0v) is 8.93. The molecule has 0 N–H and O–H groups in total. The molecule has 2 saturated carbocycles. The van der Waals surface area contributed by atoms with Gasteiger partial charge < -0.3 is 0 Å². The van der Waals surface area contributed by atoms with E-state index in [2.05, 4.69) is 26.8 Å². The molecule has 0 amide bonds. The molecule has 2 aliphatic rings. The van der Waals surface area contributed by atoms with Crippen molar-refractivity contribution in [3.05, 3.63) is 0 Å². The Morgan fingerprint density at radius 1 is 1.31 bits per heavy atom. The van der Waals surface area contributed by atoms with Gasteiger partial charge in [-0.15, -0.1) is 0 Å². The van der Waals surface area contributed by atoms with Crippen molar-refractivity contribution in [2.75, 3.05) is 0 Å². The molecular weight excluding hydrogens is 158 g/mol. The number of nitriles is 1. The van der Waals surface area contributed by atoms with E-state index < -0.39 is 0 Å². The highest BCUT2D eigenvalue weighted by Gasteiger charge is 2.52. The summed E-state index contributed by atoms with van der Waals surface area (Å²) in [6.45, 7) is 6.99. The maximum absolute atomic E-state index is 8.78. The van der Waals surface area contributed by atoms with Gasteiger partial charge >= 0.3 is 0 Å². The largest absolute Gasteiger partial charge is 0.198 e. The first-order valence-corrected chi connectivity index (χ1v) is 5.38. The monoisotopic (exact) mass is 177 g/mol. The molecule has 2 fully saturated rings. The second kappa shape index (κ2) is 2.50. The molecule has 1 nitrogen and oxygen atoms in total. The van der Waals surface area contributed by atoms with Crippen LogP contribution in [0.25, 0.3) is 0 Å². The Hall–Kier alpha value is -0.510. The maximum Gasteiger partial charge on any atom is 0.0661 e. The van der Waals surface area contributed by atoms with Crippen molar-refractivity contribution in [1.29, 1.82) is 5.26 Å². The van der Waals surface area contributed by atoms with Crippen LogP contribution in [0.15, 0.2) is 0 Å². The average Bonchev–Trinajstić information content (AvgIpc) is 2.87. The van der Waals surface area contributed by atoms with Crippen molar-refractivity contribution in [2.24, 2.45) is 22.7 Å². The predicted molar refractivity (Wildman–Crippen MR) is 52.9 cm³/mol. The van der Waals surface area contributed by atoms with Crippen LogP contribution in [0.1, 0.15) is 46.5 Å². The normalized spacial score (nSPS) is 45.4. The quantitative estimate of drug-likeness (QED) is 0.648. The van der Waals surface area contributed by atoms with Crippen molar-refractivity contribution in [3.8, 4) is 6.07 Å². The fourth-order valence-corrected chi connectivity index (χ4v) is 2.46. The average molecular weight is 177 g/mol. The van der Waals surface area contributed by atoms with E-state index in [0.29, 0.717) is 16.7 Å². The van der Waals surface area contributed by atoms with Crippen LogP contribution in [-0.2, 0) is 0 Å². The minimum absolute atomic E-state index is 0.370. The molecule has 2 rings (SSSR count). The highest BCUT2D eigenvalue weighted by atomic mass is 14.6. The third-order valence-corrected chi connectivity index (χ3v) is 4.29. The Balaban J connectivity index is 1.74. The first-order valence-electron chi connectivity index (χ1n) is 5.38. The van der Waals surface area contributed by atoms with E-state index in [1.807, 2.05) is 0 Å². The molecule has 0 aromatic carbocycles. The van der Waals surface area contributed by atoms with Gasteiger partial charge in [0.1, 0.15) is 0 Å². The number of nitrogens with zero attached hydrogens (tertiary/aromatic N) is 1. The van der Waals surface area contributed by atoms with E-state index in [4.69, 9.17) is 5.26 Å². The molecule has 1 heteroatoms. The predicted octanol–water partition coefficient (Wildman–Crippen LogP) is 3.36. The van der Waals surface area contributed by atoms with Gasteiger partial charge in [0.15, 0.2) is 0 Å². The van der Waals surface area contributed by atoms with E-state index in [0.717, 1.165) is 12.3 Å². The Labute approximate surface area is 81.1 Å². The Morgan fingerprint density at radius 2 is 1.92 bits per heavy atom. The first-order chi connectivity index (χ1) is 5.98. The Bertz CT molecular complexity index is 261. The lowest BCUT2D eigenvalue weighted by molar-refractivity contribution is 0.422. The lowest BCUT2D eigenvalue weighted by Gasteiger charge is -2.09. The molecule has 72 valence electrons. The topological polar surface area (TPSA) is 23.8 Å². The standard InChI is InChI=1S/C12H19N/c1-11(2)6-9(11)4-5-12(3)7-10(12)8-13/h9-10H,4-7H2,1-3H3/t9?,10-,12+/m0/s1. The van der Waals surface area contributed by atoms with Gasteiger partial charge in [-0.05, 0) is 42.4 Å². The van der Waals surface area contributed by atoms with E-state index in [1.54, 1.807) is 0 Å². The fourth-order valence-electron chi connectivity index (χ4n) is 2.46. The molecule has 3 atom stereocenters. The van der Waals surface area contributed by atoms with Crippen LogP contribution in [-0.4, -0.2) is 0 Å². The van der Waals surface area contributed by atoms with Crippen molar-refractivity contribution in [2.45, 2.75) is 46.5 Å². The van der Waals surface area contributed by atoms with Gasteiger partial charge in [0, 0.05) is 0 Å². The van der Waals surface area contributed by atoms with Gasteiger partial charge in [-0.1, -0.05) is 20.8 Å². The third-order valence-electron chi connectivity index (χ3n) is 4.29. The molecule has 0 saturated heterocycles. The number of rotatable bonds is 3.